The number of ether oxygens (including phenoxy) is 6. The molecule has 360 valence electrons. The SMILES string of the molecule is Oc1cc(O)cc(Oc2c(O)cc(O)c3c2oc2cc(O)c4c(c23)Oc2c(O)cc(O)c(Oc3cc(O)cc(O)c3-c3c(O)cc(O)cc3Oc3c(O)cc(O)cc3Oc3c(O)cc(O)cc3O)c2O4)c1. The van der Waals surface area contributed by atoms with Gasteiger partial charge in [0, 0.05) is 84.9 Å². The molecule has 0 fully saturated rings. The summed E-state index contributed by atoms with van der Waals surface area (Å²) >= 11 is 0. The highest BCUT2D eigenvalue weighted by Gasteiger charge is 2.36. The van der Waals surface area contributed by atoms with Crippen molar-refractivity contribution < 1.29 is 115 Å². The van der Waals surface area contributed by atoms with Crippen LogP contribution in [0.15, 0.2) is 89.3 Å². The molecule has 1 aliphatic heterocycles. The molecule has 23 nitrogen and oxygen atoms in total. The van der Waals surface area contributed by atoms with Gasteiger partial charge in [-0.1, -0.05) is 0 Å². The molecule has 2 heterocycles. The first-order valence-electron chi connectivity index (χ1n) is 20.0. The van der Waals surface area contributed by atoms with E-state index in [-0.39, 0.29) is 27.7 Å². The Labute approximate surface area is 392 Å². The summed E-state index contributed by atoms with van der Waals surface area (Å²) in [5.74, 6) is -18.4. The summed E-state index contributed by atoms with van der Waals surface area (Å²) in [6.45, 7) is 0. The zero-order valence-electron chi connectivity index (χ0n) is 35.1. The van der Waals surface area contributed by atoms with Crippen LogP contribution in [0.25, 0.3) is 33.1 Å². The fourth-order valence-electron chi connectivity index (χ4n) is 7.72. The first kappa shape index (κ1) is 44.0. The number of fused-ring (bicyclic) bond motifs is 6. The fourth-order valence-corrected chi connectivity index (χ4v) is 7.72. The Morgan fingerprint density at radius 2 is 0.704 bits per heavy atom. The van der Waals surface area contributed by atoms with E-state index < -0.39 is 166 Å². The summed E-state index contributed by atoms with van der Waals surface area (Å²) < 4.78 is 41.4. The largest absolute Gasteiger partial charge is 0.508 e. The van der Waals surface area contributed by atoms with Crippen LogP contribution in [0.1, 0.15) is 0 Å². The number of benzene rings is 8. The lowest BCUT2D eigenvalue weighted by molar-refractivity contribution is 0.303. The molecule has 9 aromatic rings. The van der Waals surface area contributed by atoms with Crippen molar-refractivity contribution in [1.82, 2.24) is 0 Å². The van der Waals surface area contributed by atoms with Gasteiger partial charge in [-0.3, -0.25) is 0 Å². The Balaban J connectivity index is 1.08. The number of aromatic hydroxyl groups is 16. The molecule has 8 aromatic carbocycles. The van der Waals surface area contributed by atoms with Crippen molar-refractivity contribution in [2.75, 3.05) is 0 Å². The monoisotopic (exact) mass is 974 g/mol. The third kappa shape index (κ3) is 7.44. The Kier molecular flexibility index (Phi) is 9.86. The molecule has 71 heavy (non-hydrogen) atoms. The second-order valence-electron chi connectivity index (χ2n) is 15.5. The minimum Gasteiger partial charge on any atom is -0.508 e. The summed E-state index contributed by atoms with van der Waals surface area (Å²) in [7, 11) is 0. The zero-order chi connectivity index (χ0) is 50.5. The zero-order valence-corrected chi connectivity index (χ0v) is 35.1. The van der Waals surface area contributed by atoms with E-state index in [4.69, 9.17) is 32.8 Å². The lowest BCUT2D eigenvalue weighted by atomic mass is 10.00. The lowest BCUT2D eigenvalue weighted by Gasteiger charge is -2.25. The van der Waals surface area contributed by atoms with E-state index in [1.54, 1.807) is 0 Å². The van der Waals surface area contributed by atoms with Crippen LogP contribution in [0.4, 0.5) is 0 Å². The number of phenolic OH excluding ortho intramolecular Hbond substituents is 16. The van der Waals surface area contributed by atoms with Crippen molar-refractivity contribution in [2.24, 2.45) is 0 Å². The molecular weight excluding hydrogens is 945 g/mol. The van der Waals surface area contributed by atoms with Gasteiger partial charge in [0.25, 0.3) is 0 Å². The maximum absolute atomic E-state index is 11.4. The molecule has 16 N–H and O–H groups in total. The number of rotatable bonds is 9. The molecule has 10 rings (SSSR count). The Morgan fingerprint density at radius 3 is 1.31 bits per heavy atom. The van der Waals surface area contributed by atoms with Gasteiger partial charge in [-0.25, -0.2) is 0 Å². The summed E-state index contributed by atoms with van der Waals surface area (Å²) in [6, 6.07) is 12.3. The second-order valence-corrected chi connectivity index (χ2v) is 15.5. The van der Waals surface area contributed by atoms with Gasteiger partial charge in [0.1, 0.15) is 74.6 Å². The van der Waals surface area contributed by atoms with Gasteiger partial charge in [0.15, 0.2) is 57.3 Å². The molecule has 0 atom stereocenters. The highest BCUT2D eigenvalue weighted by Crippen LogP contribution is 2.64. The van der Waals surface area contributed by atoms with Crippen LogP contribution >= 0.6 is 0 Å². The minimum atomic E-state index is -0.910. The van der Waals surface area contributed by atoms with Crippen LogP contribution in [0, 0.1) is 0 Å². The van der Waals surface area contributed by atoms with E-state index >= 15 is 0 Å². The van der Waals surface area contributed by atoms with E-state index in [1.807, 2.05) is 0 Å². The van der Waals surface area contributed by atoms with Crippen LogP contribution in [0.3, 0.4) is 0 Å². The van der Waals surface area contributed by atoms with E-state index in [2.05, 4.69) is 0 Å². The highest BCUT2D eigenvalue weighted by molar-refractivity contribution is 6.15. The van der Waals surface area contributed by atoms with Crippen molar-refractivity contribution in [1.29, 1.82) is 0 Å². The molecule has 0 spiro atoms. The van der Waals surface area contributed by atoms with Crippen LogP contribution in [0.2, 0.25) is 0 Å². The first-order valence-corrected chi connectivity index (χ1v) is 20.0. The quantitative estimate of drug-likeness (QED) is 0.0639. The molecule has 1 aromatic heterocycles. The summed E-state index contributed by atoms with van der Waals surface area (Å²) in [5, 5.41) is 172. The molecule has 0 aliphatic carbocycles. The standard InChI is InChI=1S/C48H30O23/c49-15-1-16(50)3-21(2-15)65-42-28(61)12-24(57)38-39-34(68-46(38)42)14-31(64)43-47(39)70-45-30(63)13-29(62)44(48(45)71-43)67-33-10-19(53)5-23(56)37(33)36-22(55)4-18(52)9-32(36)66-41-27(60)8-20(54)11-35(41)69-40-25(58)6-17(51)7-26(40)59/h1-14,49-64H. The van der Waals surface area contributed by atoms with Gasteiger partial charge in [-0.2, -0.15) is 0 Å². The van der Waals surface area contributed by atoms with E-state index in [1.165, 1.54) is 0 Å². The summed E-state index contributed by atoms with van der Waals surface area (Å²) in [4.78, 5) is 0. The predicted octanol–water partition coefficient (Wildman–Crippen LogP) is 9.61. The van der Waals surface area contributed by atoms with Crippen LogP contribution < -0.4 is 28.4 Å². The average molecular weight is 975 g/mol. The van der Waals surface area contributed by atoms with Crippen LogP contribution in [0.5, 0.6) is 161 Å². The summed E-state index contributed by atoms with van der Waals surface area (Å²) in [6.07, 6.45) is 0. The van der Waals surface area contributed by atoms with Gasteiger partial charge >= 0.3 is 0 Å². The Bertz CT molecular complexity index is 3700. The normalized spacial score (nSPS) is 11.7. The van der Waals surface area contributed by atoms with E-state index in [0.717, 1.165) is 84.9 Å². The fraction of sp³-hybridized carbons (Fsp3) is 0. The Hall–Kier alpha value is -10.8. The van der Waals surface area contributed by atoms with Gasteiger partial charge in [-0.15, -0.1) is 0 Å². The smallest absolute Gasteiger partial charge is 0.220 e. The highest BCUT2D eigenvalue weighted by atomic mass is 16.6. The van der Waals surface area contributed by atoms with Gasteiger partial charge in [0.2, 0.25) is 40.2 Å². The van der Waals surface area contributed by atoms with Crippen molar-refractivity contribution >= 4 is 21.9 Å². The minimum absolute atomic E-state index is 0.144. The summed E-state index contributed by atoms with van der Waals surface area (Å²) in [5.41, 5.74) is -1.74. The number of furan rings is 1. The molecule has 0 bridgehead atoms. The van der Waals surface area contributed by atoms with E-state index in [9.17, 15) is 81.7 Å². The predicted molar refractivity (Wildman–Crippen MR) is 238 cm³/mol. The first-order chi connectivity index (χ1) is 33.7. The van der Waals surface area contributed by atoms with Crippen LogP contribution in [-0.2, 0) is 0 Å². The van der Waals surface area contributed by atoms with Crippen molar-refractivity contribution in [3.05, 3.63) is 84.9 Å². The van der Waals surface area contributed by atoms with Crippen molar-refractivity contribution in [3.8, 4) is 172 Å². The molecule has 0 amide bonds. The van der Waals surface area contributed by atoms with Crippen molar-refractivity contribution in [3.63, 3.8) is 0 Å². The van der Waals surface area contributed by atoms with Gasteiger partial charge in [-0.05, 0) is 0 Å². The maximum Gasteiger partial charge on any atom is 0.220 e. The molecule has 0 unspecified atom stereocenters. The molecule has 0 saturated carbocycles. The number of hydrogen-bond acceptors (Lipinski definition) is 23. The lowest BCUT2D eigenvalue weighted by Crippen LogP contribution is -2.03. The number of hydrogen-bond donors (Lipinski definition) is 16. The van der Waals surface area contributed by atoms with Crippen molar-refractivity contribution in [2.45, 2.75) is 0 Å². The third-order valence-electron chi connectivity index (χ3n) is 10.6. The topological polar surface area (TPSA) is 392 Å². The number of phenols is 16. The Morgan fingerprint density at radius 1 is 0.282 bits per heavy atom. The molecular formula is C48H30O23. The molecule has 23 heteroatoms. The maximum atomic E-state index is 11.4. The molecule has 1 aliphatic rings. The third-order valence-corrected chi connectivity index (χ3v) is 10.6. The van der Waals surface area contributed by atoms with Gasteiger partial charge < -0.3 is 115 Å². The average Bonchev–Trinajstić information content (AvgIpc) is 3.65. The van der Waals surface area contributed by atoms with Crippen LogP contribution in [-0.4, -0.2) is 81.7 Å². The molecule has 0 radical (unpaired) electrons. The second kappa shape index (κ2) is 15.9. The van der Waals surface area contributed by atoms with Gasteiger partial charge in [0.05, 0.1) is 21.9 Å². The molecule has 0 saturated heterocycles. The van der Waals surface area contributed by atoms with E-state index in [0.29, 0.717) is 0 Å².